The van der Waals surface area contributed by atoms with Gasteiger partial charge in [0.05, 0.1) is 6.61 Å². The number of hydrogen-bond acceptors (Lipinski definition) is 2. The molecule has 2 heteroatoms. The van der Waals surface area contributed by atoms with Crippen molar-refractivity contribution in [2.75, 3.05) is 19.0 Å². The Balaban J connectivity index is 2.74. The Kier molecular flexibility index (Phi) is 10.1. The summed E-state index contributed by atoms with van der Waals surface area (Å²) in [5.74, 6) is 1.01. The lowest BCUT2D eigenvalue weighted by molar-refractivity contribution is 0.157. The molecule has 0 spiro atoms. The minimum absolute atomic E-state index is 0.687. The summed E-state index contributed by atoms with van der Waals surface area (Å²) in [5.41, 5.74) is 0. The molecule has 0 N–H and O–H groups in total. The van der Waals surface area contributed by atoms with E-state index in [0.717, 1.165) is 12.4 Å². The second-order valence-electron chi connectivity index (χ2n) is 2.50. The zero-order chi connectivity index (χ0) is 8.36. The van der Waals surface area contributed by atoms with E-state index in [-0.39, 0.29) is 0 Å². The van der Waals surface area contributed by atoms with Crippen molar-refractivity contribution in [1.29, 1.82) is 0 Å². The first-order valence-corrected chi connectivity index (χ1v) is 4.84. The summed E-state index contributed by atoms with van der Waals surface area (Å²) in [5, 5.41) is 0. The van der Waals surface area contributed by atoms with Crippen molar-refractivity contribution >= 4 is 12.6 Å². The fourth-order valence-corrected chi connectivity index (χ4v) is 1.06. The molecule has 0 saturated heterocycles. The highest BCUT2D eigenvalue weighted by atomic mass is 32.1. The van der Waals surface area contributed by atoms with Gasteiger partial charge in [-0.1, -0.05) is 18.9 Å². The summed E-state index contributed by atoms with van der Waals surface area (Å²) in [6.45, 7) is 5.13. The van der Waals surface area contributed by atoms with Gasteiger partial charge in [-0.2, -0.15) is 12.6 Å². The van der Waals surface area contributed by atoms with Gasteiger partial charge in [0.15, 0.2) is 0 Å². The molecule has 0 aliphatic heterocycles. The molecule has 0 aromatic heterocycles. The van der Waals surface area contributed by atoms with Gasteiger partial charge in [0, 0.05) is 6.61 Å². The summed E-state index contributed by atoms with van der Waals surface area (Å²) in [6, 6.07) is 0. The Morgan fingerprint density at radius 1 is 1.18 bits per heavy atom. The average molecular weight is 174 g/mol. The van der Waals surface area contributed by atoms with Crippen LogP contribution in [0.2, 0.25) is 0 Å². The molecular weight excluding hydrogens is 156 g/mol. The Labute approximate surface area is 75.2 Å². The lowest BCUT2D eigenvalue weighted by atomic mass is 10.2. The number of unbranched alkanes of at least 4 members (excludes halogenated alkanes) is 3. The molecule has 0 unspecified atom stereocenters. The molecule has 0 fully saturated rings. The third-order valence-electron chi connectivity index (χ3n) is 1.43. The van der Waals surface area contributed by atoms with E-state index in [1.54, 1.807) is 6.08 Å². The first-order valence-electron chi connectivity index (χ1n) is 4.21. The minimum atomic E-state index is 0.687. The monoisotopic (exact) mass is 174 g/mol. The number of hydrogen-bond donors (Lipinski definition) is 1. The predicted molar refractivity (Wildman–Crippen MR) is 53.3 cm³/mol. The van der Waals surface area contributed by atoms with Crippen LogP contribution in [0, 0.1) is 0 Å². The fourth-order valence-electron chi connectivity index (χ4n) is 0.836. The van der Waals surface area contributed by atoms with Gasteiger partial charge in [-0.25, -0.2) is 0 Å². The first-order chi connectivity index (χ1) is 5.41. The zero-order valence-electron chi connectivity index (χ0n) is 7.09. The van der Waals surface area contributed by atoms with Crippen molar-refractivity contribution in [1.82, 2.24) is 0 Å². The van der Waals surface area contributed by atoms with Crippen molar-refractivity contribution in [2.24, 2.45) is 0 Å². The van der Waals surface area contributed by atoms with Crippen LogP contribution in [0.25, 0.3) is 0 Å². The van der Waals surface area contributed by atoms with Crippen molar-refractivity contribution in [3.05, 3.63) is 12.7 Å². The summed E-state index contributed by atoms with van der Waals surface area (Å²) in [4.78, 5) is 0. The van der Waals surface area contributed by atoms with Crippen molar-refractivity contribution in [3.8, 4) is 0 Å². The quantitative estimate of drug-likeness (QED) is 0.338. The van der Waals surface area contributed by atoms with Gasteiger partial charge >= 0.3 is 0 Å². The third-order valence-corrected chi connectivity index (χ3v) is 1.75. The van der Waals surface area contributed by atoms with Crippen LogP contribution < -0.4 is 0 Å². The Bertz CT molecular complexity index is 83.6. The SMILES string of the molecule is C=CCOCCCCCCS. The van der Waals surface area contributed by atoms with Gasteiger partial charge in [-0.3, -0.25) is 0 Å². The van der Waals surface area contributed by atoms with Gasteiger partial charge in [0.25, 0.3) is 0 Å². The van der Waals surface area contributed by atoms with E-state index in [1.165, 1.54) is 25.7 Å². The molecule has 1 nitrogen and oxygen atoms in total. The lowest BCUT2D eigenvalue weighted by Crippen LogP contribution is -1.93. The van der Waals surface area contributed by atoms with Gasteiger partial charge in [-0.05, 0) is 18.6 Å². The Hall–Kier alpha value is 0.0500. The molecule has 0 heterocycles. The summed E-state index contributed by atoms with van der Waals surface area (Å²) in [6.07, 6.45) is 6.72. The molecule has 66 valence electrons. The third kappa shape index (κ3) is 10.1. The van der Waals surface area contributed by atoms with Crippen LogP contribution in [0.3, 0.4) is 0 Å². The molecule has 0 atom stereocenters. The molecule has 0 aromatic carbocycles. The molecule has 0 amide bonds. The van der Waals surface area contributed by atoms with Gasteiger partial charge in [-0.15, -0.1) is 6.58 Å². The maximum Gasteiger partial charge on any atom is 0.0644 e. The van der Waals surface area contributed by atoms with Gasteiger partial charge in [0.1, 0.15) is 0 Å². The number of thiol groups is 1. The van der Waals surface area contributed by atoms with Crippen LogP contribution in [0.1, 0.15) is 25.7 Å². The standard InChI is InChI=1S/C9H18OS/c1-2-7-10-8-5-3-4-6-9-11/h2,11H,1,3-9H2. The average Bonchev–Trinajstić information content (AvgIpc) is 2.03. The van der Waals surface area contributed by atoms with Gasteiger partial charge in [0.2, 0.25) is 0 Å². The van der Waals surface area contributed by atoms with E-state index in [4.69, 9.17) is 4.74 Å². The van der Waals surface area contributed by atoms with Crippen LogP contribution in [0.4, 0.5) is 0 Å². The highest BCUT2D eigenvalue weighted by Gasteiger charge is 1.87. The zero-order valence-corrected chi connectivity index (χ0v) is 7.98. The van der Waals surface area contributed by atoms with Crippen LogP contribution in [0.15, 0.2) is 12.7 Å². The van der Waals surface area contributed by atoms with E-state index >= 15 is 0 Å². The van der Waals surface area contributed by atoms with Crippen molar-refractivity contribution < 1.29 is 4.74 Å². The smallest absolute Gasteiger partial charge is 0.0644 e. The van der Waals surface area contributed by atoms with Crippen molar-refractivity contribution in [2.45, 2.75) is 25.7 Å². The van der Waals surface area contributed by atoms with Crippen LogP contribution in [-0.4, -0.2) is 19.0 Å². The molecule has 0 bridgehead atoms. The summed E-state index contributed by atoms with van der Waals surface area (Å²) in [7, 11) is 0. The molecule has 0 aromatic rings. The molecule has 0 rings (SSSR count). The maximum atomic E-state index is 5.23. The first kappa shape index (κ1) is 11.1. The lowest BCUT2D eigenvalue weighted by Gasteiger charge is -1.99. The summed E-state index contributed by atoms with van der Waals surface area (Å²) < 4.78 is 5.23. The normalized spacial score (nSPS) is 9.91. The second-order valence-corrected chi connectivity index (χ2v) is 2.95. The van der Waals surface area contributed by atoms with E-state index in [9.17, 15) is 0 Å². The van der Waals surface area contributed by atoms with Crippen LogP contribution >= 0.6 is 12.6 Å². The second kappa shape index (κ2) is 10.0. The molecule has 0 radical (unpaired) electrons. The van der Waals surface area contributed by atoms with E-state index in [1.807, 2.05) is 0 Å². The predicted octanol–water partition coefficient (Wildman–Crippen LogP) is 2.68. The summed E-state index contributed by atoms with van der Waals surface area (Å²) >= 11 is 4.13. The molecule has 0 saturated carbocycles. The van der Waals surface area contributed by atoms with Crippen LogP contribution in [-0.2, 0) is 4.74 Å². The van der Waals surface area contributed by atoms with Crippen molar-refractivity contribution in [3.63, 3.8) is 0 Å². The number of rotatable bonds is 8. The molecule has 0 aliphatic carbocycles. The van der Waals surface area contributed by atoms with Gasteiger partial charge < -0.3 is 4.74 Å². The van der Waals surface area contributed by atoms with E-state index < -0.39 is 0 Å². The molecular formula is C9H18OS. The fraction of sp³-hybridized carbons (Fsp3) is 0.778. The minimum Gasteiger partial charge on any atom is -0.377 e. The van der Waals surface area contributed by atoms with E-state index in [2.05, 4.69) is 19.2 Å². The van der Waals surface area contributed by atoms with E-state index in [0.29, 0.717) is 6.61 Å². The Morgan fingerprint density at radius 3 is 2.55 bits per heavy atom. The highest BCUT2D eigenvalue weighted by Crippen LogP contribution is 2.00. The topological polar surface area (TPSA) is 9.23 Å². The number of ether oxygens (including phenoxy) is 1. The molecule has 11 heavy (non-hydrogen) atoms. The Morgan fingerprint density at radius 2 is 1.91 bits per heavy atom. The largest absolute Gasteiger partial charge is 0.377 e. The molecule has 0 aliphatic rings. The van der Waals surface area contributed by atoms with Crippen LogP contribution in [0.5, 0.6) is 0 Å². The highest BCUT2D eigenvalue weighted by molar-refractivity contribution is 7.80. The maximum absolute atomic E-state index is 5.23.